The Labute approximate surface area is 157 Å². The minimum Gasteiger partial charge on any atom is -0.466 e. The van der Waals surface area contributed by atoms with Gasteiger partial charge in [-0.2, -0.15) is 5.10 Å². The van der Waals surface area contributed by atoms with Gasteiger partial charge >= 0.3 is 0 Å². The number of rotatable bonds is 5. The molecule has 5 heteroatoms. The van der Waals surface area contributed by atoms with E-state index in [1.54, 1.807) is 11.1 Å². The molecule has 1 amide bonds. The van der Waals surface area contributed by atoms with Gasteiger partial charge in [0.25, 0.3) is 5.91 Å². The molecule has 0 atom stereocenters. The smallest absolute Gasteiger partial charge is 0.264 e. The lowest BCUT2D eigenvalue weighted by molar-refractivity contribution is -0.120. The van der Waals surface area contributed by atoms with E-state index in [1.807, 2.05) is 73.7 Å². The number of anilines is 1. The highest BCUT2D eigenvalue weighted by molar-refractivity contribution is 6.04. The summed E-state index contributed by atoms with van der Waals surface area (Å²) >= 11 is 0. The molecule has 4 rings (SSSR count). The first kappa shape index (κ1) is 17.0. The van der Waals surface area contributed by atoms with E-state index in [9.17, 15) is 4.79 Å². The van der Waals surface area contributed by atoms with Gasteiger partial charge in [-0.25, -0.2) is 0 Å². The van der Waals surface area contributed by atoms with E-state index in [-0.39, 0.29) is 12.5 Å². The van der Waals surface area contributed by atoms with Gasteiger partial charge in [0.1, 0.15) is 0 Å². The van der Waals surface area contributed by atoms with E-state index in [2.05, 4.69) is 10.2 Å². The lowest BCUT2D eigenvalue weighted by atomic mass is 10.1. The van der Waals surface area contributed by atoms with E-state index < -0.39 is 0 Å². The fourth-order valence-corrected chi connectivity index (χ4v) is 3.24. The molecule has 134 valence electrons. The molecule has 0 spiro atoms. The maximum atomic E-state index is 12.9. The number of nitrogens with zero attached hydrogens (tertiary/aromatic N) is 3. The molecule has 0 aliphatic rings. The lowest BCUT2D eigenvalue weighted by Gasteiger charge is -2.22. The fourth-order valence-electron chi connectivity index (χ4n) is 3.24. The van der Waals surface area contributed by atoms with E-state index in [0.717, 1.165) is 27.2 Å². The summed E-state index contributed by atoms with van der Waals surface area (Å²) in [5, 5.41) is 11.9. The van der Waals surface area contributed by atoms with Crippen molar-refractivity contribution in [1.82, 2.24) is 10.2 Å². The van der Waals surface area contributed by atoms with Crippen molar-refractivity contribution in [2.24, 2.45) is 0 Å². The van der Waals surface area contributed by atoms with Crippen LogP contribution in [0.5, 0.6) is 5.88 Å². The van der Waals surface area contributed by atoms with E-state index >= 15 is 0 Å². The number of ether oxygens (including phenoxy) is 1. The highest BCUT2D eigenvalue weighted by Gasteiger charge is 2.17. The van der Waals surface area contributed by atoms with Crippen molar-refractivity contribution in [2.75, 3.05) is 18.1 Å². The number of carbonyl (C=O) groups is 1. The zero-order valence-electron chi connectivity index (χ0n) is 15.0. The number of carbonyl (C=O) groups excluding carboxylic acids is 1. The van der Waals surface area contributed by atoms with Gasteiger partial charge in [0.15, 0.2) is 6.61 Å². The summed E-state index contributed by atoms with van der Waals surface area (Å²) in [6.07, 6.45) is 1.68. The van der Waals surface area contributed by atoms with Crippen LogP contribution >= 0.6 is 0 Å². The first-order valence-electron chi connectivity index (χ1n) is 8.89. The maximum Gasteiger partial charge on any atom is 0.264 e. The maximum absolute atomic E-state index is 12.9. The van der Waals surface area contributed by atoms with Crippen molar-refractivity contribution in [3.8, 4) is 5.88 Å². The molecule has 0 aliphatic heterocycles. The largest absolute Gasteiger partial charge is 0.466 e. The molecule has 0 radical (unpaired) electrons. The highest BCUT2D eigenvalue weighted by atomic mass is 16.5. The normalized spacial score (nSPS) is 10.9. The second-order valence-electron chi connectivity index (χ2n) is 6.16. The Kier molecular flexibility index (Phi) is 4.66. The summed E-state index contributed by atoms with van der Waals surface area (Å²) < 4.78 is 5.73. The SMILES string of the molecule is CCN(C(=O)COc1nncc2ccccc12)c1cccc2ccccc12. The zero-order valence-corrected chi connectivity index (χ0v) is 15.0. The molecule has 5 nitrogen and oxygen atoms in total. The quantitative estimate of drug-likeness (QED) is 0.537. The number of amides is 1. The van der Waals surface area contributed by atoms with E-state index in [1.165, 1.54) is 0 Å². The minimum absolute atomic E-state index is 0.0975. The Balaban J connectivity index is 1.59. The Morgan fingerprint density at radius 3 is 2.44 bits per heavy atom. The van der Waals surface area contributed by atoms with Gasteiger partial charge in [-0.05, 0) is 24.4 Å². The summed E-state index contributed by atoms with van der Waals surface area (Å²) in [7, 11) is 0. The third-order valence-corrected chi connectivity index (χ3v) is 4.54. The molecule has 0 fully saturated rings. The zero-order chi connectivity index (χ0) is 18.6. The van der Waals surface area contributed by atoms with Crippen LogP contribution in [0.1, 0.15) is 6.92 Å². The topological polar surface area (TPSA) is 55.3 Å². The summed E-state index contributed by atoms with van der Waals surface area (Å²) in [5.74, 6) is 0.249. The van der Waals surface area contributed by atoms with Crippen molar-refractivity contribution in [1.29, 1.82) is 0 Å². The number of hydrogen-bond donors (Lipinski definition) is 0. The van der Waals surface area contributed by atoms with Crippen molar-refractivity contribution < 1.29 is 9.53 Å². The molecule has 3 aromatic carbocycles. The molecule has 0 saturated carbocycles. The summed E-state index contributed by atoms with van der Waals surface area (Å²) in [6, 6.07) is 21.7. The molecule has 1 heterocycles. The third kappa shape index (κ3) is 3.31. The highest BCUT2D eigenvalue weighted by Crippen LogP contribution is 2.27. The Hall–Kier alpha value is -3.47. The van der Waals surface area contributed by atoms with Crippen LogP contribution in [0.15, 0.2) is 72.9 Å². The minimum atomic E-state index is -0.122. The number of fused-ring (bicyclic) bond motifs is 2. The van der Waals surface area contributed by atoms with Crippen LogP contribution < -0.4 is 9.64 Å². The van der Waals surface area contributed by atoms with Gasteiger partial charge in [0, 0.05) is 22.7 Å². The monoisotopic (exact) mass is 357 g/mol. The van der Waals surface area contributed by atoms with E-state index in [0.29, 0.717) is 12.4 Å². The molecule has 0 unspecified atom stereocenters. The Bertz CT molecular complexity index is 1100. The number of benzene rings is 3. The Morgan fingerprint density at radius 1 is 0.926 bits per heavy atom. The lowest BCUT2D eigenvalue weighted by Crippen LogP contribution is -2.35. The first-order chi connectivity index (χ1) is 13.3. The molecule has 0 saturated heterocycles. The molecular weight excluding hydrogens is 338 g/mol. The molecule has 4 aromatic rings. The fraction of sp³-hybridized carbons (Fsp3) is 0.136. The molecule has 0 N–H and O–H groups in total. The van der Waals surface area contributed by atoms with Crippen LogP contribution in [-0.4, -0.2) is 29.3 Å². The van der Waals surface area contributed by atoms with Gasteiger partial charge in [-0.1, -0.05) is 54.6 Å². The molecule has 1 aromatic heterocycles. The molecule has 0 bridgehead atoms. The third-order valence-electron chi connectivity index (χ3n) is 4.54. The summed E-state index contributed by atoms with van der Waals surface area (Å²) in [5.41, 5.74) is 0.883. The van der Waals surface area contributed by atoms with Gasteiger partial charge in [0.2, 0.25) is 5.88 Å². The second kappa shape index (κ2) is 7.41. The standard InChI is InChI=1S/C22H19N3O2/c1-2-25(20-13-7-10-16-8-3-5-11-18(16)20)21(26)15-27-22-19-12-6-4-9-17(19)14-23-24-22/h3-14H,2,15H2,1H3. The Morgan fingerprint density at radius 2 is 1.63 bits per heavy atom. The van der Waals surface area contributed by atoms with Crippen LogP contribution in [0.3, 0.4) is 0 Å². The van der Waals surface area contributed by atoms with Crippen LogP contribution in [0.4, 0.5) is 5.69 Å². The average molecular weight is 357 g/mol. The first-order valence-corrected chi connectivity index (χ1v) is 8.89. The van der Waals surface area contributed by atoms with Crippen LogP contribution in [0.25, 0.3) is 21.5 Å². The van der Waals surface area contributed by atoms with Gasteiger partial charge in [-0.15, -0.1) is 5.10 Å². The van der Waals surface area contributed by atoms with Gasteiger partial charge in [-0.3, -0.25) is 4.79 Å². The number of likely N-dealkylation sites (N-methyl/N-ethyl adjacent to an activating group) is 1. The predicted molar refractivity (Wildman–Crippen MR) is 107 cm³/mol. The van der Waals surface area contributed by atoms with Crippen molar-refractivity contribution in [2.45, 2.75) is 6.92 Å². The molecular formula is C22H19N3O2. The predicted octanol–water partition coefficient (Wildman–Crippen LogP) is 4.21. The molecule has 27 heavy (non-hydrogen) atoms. The van der Waals surface area contributed by atoms with Gasteiger partial charge in [0.05, 0.1) is 11.9 Å². The second-order valence-corrected chi connectivity index (χ2v) is 6.16. The van der Waals surface area contributed by atoms with Crippen molar-refractivity contribution in [3.05, 3.63) is 72.9 Å². The summed E-state index contributed by atoms with van der Waals surface area (Å²) in [4.78, 5) is 14.6. The summed E-state index contributed by atoms with van der Waals surface area (Å²) in [6.45, 7) is 2.41. The van der Waals surface area contributed by atoms with Crippen LogP contribution in [0, 0.1) is 0 Å². The van der Waals surface area contributed by atoms with Crippen molar-refractivity contribution in [3.63, 3.8) is 0 Å². The molecule has 0 aliphatic carbocycles. The average Bonchev–Trinajstić information content (AvgIpc) is 2.73. The van der Waals surface area contributed by atoms with Crippen molar-refractivity contribution >= 4 is 33.1 Å². The van der Waals surface area contributed by atoms with Crippen LogP contribution in [0.2, 0.25) is 0 Å². The van der Waals surface area contributed by atoms with E-state index in [4.69, 9.17) is 4.74 Å². The number of aromatic nitrogens is 2. The van der Waals surface area contributed by atoms with Gasteiger partial charge < -0.3 is 9.64 Å². The number of hydrogen-bond acceptors (Lipinski definition) is 4. The van der Waals surface area contributed by atoms with Crippen LogP contribution in [-0.2, 0) is 4.79 Å².